The Bertz CT molecular complexity index is 579. The van der Waals surface area contributed by atoms with Crippen molar-refractivity contribution in [3.63, 3.8) is 0 Å². The molecule has 0 spiro atoms. The first-order valence-corrected chi connectivity index (χ1v) is 7.40. The van der Waals surface area contributed by atoms with Gasteiger partial charge in [-0.05, 0) is 31.2 Å². The van der Waals surface area contributed by atoms with E-state index < -0.39 is 0 Å². The number of aromatic nitrogens is 1. The largest absolute Gasteiger partial charge is 0.341 e. The van der Waals surface area contributed by atoms with E-state index in [1.54, 1.807) is 6.07 Å². The summed E-state index contributed by atoms with van der Waals surface area (Å²) in [6, 6.07) is 3.74. The van der Waals surface area contributed by atoms with Crippen LogP contribution in [-0.4, -0.2) is 34.5 Å². The molecule has 20 heavy (non-hydrogen) atoms. The number of carbonyl (C=O) groups excluding carboxylic acids is 1. The zero-order valence-electron chi connectivity index (χ0n) is 11.7. The van der Waals surface area contributed by atoms with E-state index in [9.17, 15) is 9.59 Å². The van der Waals surface area contributed by atoms with Crippen LogP contribution in [-0.2, 0) is 24.2 Å². The molecule has 0 aromatic carbocycles. The number of hydrogen-bond donors (Lipinski definition) is 1. The van der Waals surface area contributed by atoms with Crippen LogP contribution in [0.1, 0.15) is 30.5 Å². The van der Waals surface area contributed by atoms with E-state index in [0.29, 0.717) is 19.5 Å². The van der Waals surface area contributed by atoms with E-state index in [1.165, 1.54) is 5.56 Å². The molecular weight excluding hydrogens is 254 g/mol. The molecule has 5 nitrogen and oxygen atoms in total. The fourth-order valence-corrected chi connectivity index (χ4v) is 3.26. The minimum absolute atomic E-state index is 0.0332. The number of rotatable bonds is 3. The van der Waals surface area contributed by atoms with Gasteiger partial charge in [0.15, 0.2) is 0 Å². The summed E-state index contributed by atoms with van der Waals surface area (Å²) in [5.74, 6) is 0.213. The van der Waals surface area contributed by atoms with Gasteiger partial charge >= 0.3 is 0 Å². The van der Waals surface area contributed by atoms with E-state index in [0.717, 1.165) is 37.9 Å². The average molecular weight is 275 g/mol. The van der Waals surface area contributed by atoms with Gasteiger partial charge < -0.3 is 15.2 Å². The van der Waals surface area contributed by atoms with Gasteiger partial charge in [-0.2, -0.15) is 0 Å². The minimum atomic E-state index is 0.0332. The van der Waals surface area contributed by atoms with Crippen LogP contribution < -0.4 is 11.3 Å². The molecule has 1 aliphatic heterocycles. The summed E-state index contributed by atoms with van der Waals surface area (Å²) in [5, 5.41) is 0. The highest BCUT2D eigenvalue weighted by Crippen LogP contribution is 2.19. The Morgan fingerprint density at radius 3 is 2.80 bits per heavy atom. The van der Waals surface area contributed by atoms with E-state index >= 15 is 0 Å². The number of pyridine rings is 1. The molecule has 1 aromatic heterocycles. The number of nitrogens with two attached hydrogens (primary N) is 1. The highest BCUT2D eigenvalue weighted by Gasteiger charge is 2.22. The molecular formula is C15H21N3O2. The second kappa shape index (κ2) is 5.40. The van der Waals surface area contributed by atoms with Gasteiger partial charge in [0.25, 0.3) is 5.56 Å². The molecule has 0 radical (unpaired) electrons. The Morgan fingerprint density at radius 2 is 2.05 bits per heavy atom. The number of hydrogen-bond acceptors (Lipinski definition) is 3. The van der Waals surface area contributed by atoms with Crippen molar-refractivity contribution in [2.45, 2.75) is 44.7 Å². The fraction of sp³-hybridized carbons (Fsp3) is 0.600. The maximum atomic E-state index is 12.1. The Kier molecular flexibility index (Phi) is 3.61. The maximum Gasteiger partial charge on any atom is 0.250 e. The van der Waals surface area contributed by atoms with Crippen molar-refractivity contribution in [3.8, 4) is 0 Å². The van der Waals surface area contributed by atoms with Crippen LogP contribution in [0.25, 0.3) is 0 Å². The first-order chi connectivity index (χ1) is 9.65. The van der Waals surface area contributed by atoms with Crippen LogP contribution in [0.15, 0.2) is 16.9 Å². The van der Waals surface area contributed by atoms with Crippen LogP contribution in [0.3, 0.4) is 0 Å². The topological polar surface area (TPSA) is 68.3 Å². The lowest BCUT2D eigenvalue weighted by atomic mass is 9.92. The summed E-state index contributed by atoms with van der Waals surface area (Å²) < 4.78 is 1.84. The van der Waals surface area contributed by atoms with Gasteiger partial charge in [-0.3, -0.25) is 9.59 Å². The Hall–Kier alpha value is -1.62. The number of nitrogens with zero attached hydrogens (tertiary/aromatic N) is 2. The van der Waals surface area contributed by atoms with E-state index in [-0.39, 0.29) is 17.5 Å². The molecule has 1 aromatic rings. The molecule has 2 N–H and O–H groups in total. The van der Waals surface area contributed by atoms with Crippen molar-refractivity contribution in [3.05, 3.63) is 33.7 Å². The summed E-state index contributed by atoms with van der Waals surface area (Å²) in [5.41, 5.74) is 8.33. The first kappa shape index (κ1) is 13.4. The predicted octanol–water partition coefficient (Wildman–Crippen LogP) is 0.287. The monoisotopic (exact) mass is 275 g/mol. The average Bonchev–Trinajstić information content (AvgIpc) is 2.83. The minimum Gasteiger partial charge on any atom is -0.341 e. The third-order valence-corrected chi connectivity index (χ3v) is 4.39. The lowest BCUT2D eigenvalue weighted by Crippen LogP contribution is -2.36. The lowest BCUT2D eigenvalue weighted by molar-refractivity contribution is -0.127. The first-order valence-electron chi connectivity index (χ1n) is 7.40. The summed E-state index contributed by atoms with van der Waals surface area (Å²) in [7, 11) is 0. The van der Waals surface area contributed by atoms with E-state index in [4.69, 9.17) is 5.73 Å². The third kappa shape index (κ3) is 2.50. The van der Waals surface area contributed by atoms with Crippen LogP contribution in [0.5, 0.6) is 0 Å². The number of fused-ring (bicyclic) bond motifs is 1. The van der Waals surface area contributed by atoms with Gasteiger partial charge in [0.05, 0.1) is 0 Å². The van der Waals surface area contributed by atoms with E-state index in [2.05, 4.69) is 0 Å². The molecule has 3 rings (SSSR count). The van der Waals surface area contributed by atoms with Crippen molar-refractivity contribution < 1.29 is 4.79 Å². The summed E-state index contributed by atoms with van der Waals surface area (Å²) in [6.07, 6.45) is 4.23. The van der Waals surface area contributed by atoms with Crippen LogP contribution in [0, 0.1) is 0 Å². The quantitative estimate of drug-likeness (QED) is 0.862. The zero-order valence-corrected chi connectivity index (χ0v) is 11.7. The Balaban J connectivity index is 1.80. The van der Waals surface area contributed by atoms with Crippen molar-refractivity contribution in [1.29, 1.82) is 0 Å². The summed E-state index contributed by atoms with van der Waals surface area (Å²) in [6.45, 7) is 2.07. The number of likely N-dealkylation sites (tertiary alicyclic amines) is 1. The van der Waals surface area contributed by atoms with E-state index in [1.807, 2.05) is 15.5 Å². The number of carbonyl (C=O) groups is 1. The highest BCUT2D eigenvalue weighted by molar-refractivity contribution is 5.77. The molecule has 1 unspecified atom stereocenters. The summed E-state index contributed by atoms with van der Waals surface area (Å²) >= 11 is 0. The third-order valence-electron chi connectivity index (χ3n) is 4.39. The molecule has 1 aliphatic carbocycles. The zero-order chi connectivity index (χ0) is 14.1. The maximum absolute atomic E-state index is 12.1. The molecule has 0 saturated carbocycles. The standard InChI is InChI=1S/C15H21N3O2/c16-12-4-5-13-11(10-12)3-6-15(20)18(13)9-8-17-7-1-2-14(17)19/h3,6,12H,1-2,4-5,7-10,16H2. The molecule has 1 saturated heterocycles. The highest BCUT2D eigenvalue weighted by atomic mass is 16.2. The molecule has 1 fully saturated rings. The molecule has 1 atom stereocenters. The smallest absolute Gasteiger partial charge is 0.250 e. The van der Waals surface area contributed by atoms with Crippen LogP contribution >= 0.6 is 0 Å². The molecule has 1 amide bonds. The molecule has 0 bridgehead atoms. The van der Waals surface area contributed by atoms with Crippen LogP contribution in [0.4, 0.5) is 0 Å². The lowest BCUT2D eigenvalue weighted by Gasteiger charge is -2.25. The van der Waals surface area contributed by atoms with Crippen molar-refractivity contribution in [1.82, 2.24) is 9.47 Å². The second-order valence-electron chi connectivity index (χ2n) is 5.78. The fourth-order valence-electron chi connectivity index (χ4n) is 3.26. The normalized spacial score (nSPS) is 22.1. The second-order valence-corrected chi connectivity index (χ2v) is 5.78. The van der Waals surface area contributed by atoms with Gasteiger partial charge in [0.1, 0.15) is 0 Å². The molecule has 2 heterocycles. The Morgan fingerprint density at radius 1 is 1.20 bits per heavy atom. The predicted molar refractivity (Wildman–Crippen MR) is 76.5 cm³/mol. The SMILES string of the molecule is NC1CCc2c(ccc(=O)n2CCN2CCCC2=O)C1. The van der Waals surface area contributed by atoms with Crippen molar-refractivity contribution in [2.24, 2.45) is 5.73 Å². The number of amides is 1. The van der Waals surface area contributed by atoms with Crippen molar-refractivity contribution in [2.75, 3.05) is 13.1 Å². The molecule has 5 heteroatoms. The van der Waals surface area contributed by atoms with Crippen LogP contribution in [0.2, 0.25) is 0 Å². The summed E-state index contributed by atoms with van der Waals surface area (Å²) in [4.78, 5) is 25.6. The molecule has 2 aliphatic rings. The Labute approximate surface area is 118 Å². The van der Waals surface area contributed by atoms with Gasteiger partial charge in [-0.25, -0.2) is 0 Å². The van der Waals surface area contributed by atoms with Gasteiger partial charge in [-0.15, -0.1) is 0 Å². The van der Waals surface area contributed by atoms with Gasteiger partial charge in [0, 0.05) is 43.9 Å². The molecule has 108 valence electrons. The van der Waals surface area contributed by atoms with Gasteiger partial charge in [0.2, 0.25) is 5.91 Å². The van der Waals surface area contributed by atoms with Gasteiger partial charge in [-0.1, -0.05) is 6.07 Å². The van der Waals surface area contributed by atoms with Crippen molar-refractivity contribution >= 4 is 5.91 Å².